The molecule has 0 aromatic heterocycles. The molecular weight excluding hydrogens is 360 g/mol. The zero-order valence-electron chi connectivity index (χ0n) is 17.1. The largest absolute Gasteiger partial charge is 0.490 e. The fraction of sp³-hybridized carbons (Fsp3) is 0.200. The van der Waals surface area contributed by atoms with Gasteiger partial charge in [-0.2, -0.15) is 5.26 Å². The minimum Gasteiger partial charge on any atom is -0.490 e. The second-order valence-corrected chi connectivity index (χ2v) is 7.31. The van der Waals surface area contributed by atoms with Crippen LogP contribution in [-0.4, -0.2) is 12.0 Å². The number of carbonyl (C=O) groups excluding carboxylic acids is 1. The Kier molecular flexibility index (Phi) is 5.99. The summed E-state index contributed by atoms with van der Waals surface area (Å²) in [5.74, 6) is 0.202. The molecule has 0 unspecified atom stereocenters. The number of ether oxygens (including phenoxy) is 1. The number of aryl methyl sites for hydroxylation is 2. The highest BCUT2D eigenvalue weighted by Crippen LogP contribution is 2.31. The molecular formula is C25H24N2O2. The smallest absolute Gasteiger partial charge is 0.266 e. The molecule has 0 saturated heterocycles. The number of rotatable bonds is 5. The Bertz CT molecular complexity index is 1140. The van der Waals surface area contributed by atoms with Crippen LogP contribution in [0.4, 0.5) is 5.69 Å². The number of nitriles is 1. The van der Waals surface area contributed by atoms with Gasteiger partial charge in [0.25, 0.3) is 5.91 Å². The molecule has 1 N–H and O–H groups in total. The van der Waals surface area contributed by atoms with Crippen molar-refractivity contribution in [1.29, 1.82) is 5.26 Å². The van der Waals surface area contributed by atoms with Gasteiger partial charge < -0.3 is 10.1 Å². The zero-order valence-corrected chi connectivity index (χ0v) is 17.1. The second kappa shape index (κ2) is 8.62. The maximum Gasteiger partial charge on any atom is 0.266 e. The standard InChI is InChI=1S/C25H24N2O2/c1-16(2)29-24-12-10-19-7-5-6-8-21(19)22(24)14-20(15-26)25(28)27-23-11-9-17(3)13-18(23)4/h5-14,16H,1-4H3,(H,27,28)/b20-14+. The van der Waals surface area contributed by atoms with Crippen molar-refractivity contribution < 1.29 is 9.53 Å². The fourth-order valence-electron chi connectivity index (χ4n) is 3.22. The fourth-order valence-corrected chi connectivity index (χ4v) is 3.22. The highest BCUT2D eigenvalue weighted by atomic mass is 16.5. The van der Waals surface area contributed by atoms with Crippen molar-refractivity contribution in [3.05, 3.63) is 76.9 Å². The van der Waals surface area contributed by atoms with E-state index in [4.69, 9.17) is 4.74 Å². The van der Waals surface area contributed by atoms with Gasteiger partial charge in [-0.25, -0.2) is 0 Å². The number of fused-ring (bicyclic) bond motifs is 1. The van der Waals surface area contributed by atoms with Gasteiger partial charge in [0.15, 0.2) is 0 Å². The quantitative estimate of drug-likeness (QED) is 0.447. The molecule has 29 heavy (non-hydrogen) atoms. The van der Waals surface area contributed by atoms with E-state index >= 15 is 0 Å². The predicted molar refractivity (Wildman–Crippen MR) is 118 cm³/mol. The minimum absolute atomic E-state index is 0.0231. The van der Waals surface area contributed by atoms with E-state index < -0.39 is 5.91 Å². The van der Waals surface area contributed by atoms with Gasteiger partial charge >= 0.3 is 0 Å². The normalized spacial score (nSPS) is 11.4. The van der Waals surface area contributed by atoms with Gasteiger partial charge in [-0.3, -0.25) is 4.79 Å². The first-order chi connectivity index (χ1) is 13.9. The number of nitrogens with one attached hydrogen (secondary N) is 1. The van der Waals surface area contributed by atoms with Crippen LogP contribution in [0.2, 0.25) is 0 Å². The Hall–Kier alpha value is -3.58. The molecule has 0 saturated carbocycles. The summed E-state index contributed by atoms with van der Waals surface area (Å²) in [5, 5.41) is 14.5. The molecule has 0 heterocycles. The lowest BCUT2D eigenvalue weighted by atomic mass is 10.0. The highest BCUT2D eigenvalue weighted by Gasteiger charge is 2.15. The lowest BCUT2D eigenvalue weighted by Crippen LogP contribution is -2.14. The number of nitrogens with zero attached hydrogens (tertiary/aromatic N) is 1. The topological polar surface area (TPSA) is 62.1 Å². The molecule has 1 amide bonds. The minimum atomic E-state index is -0.442. The van der Waals surface area contributed by atoms with Crippen molar-refractivity contribution >= 4 is 28.4 Å². The molecule has 4 heteroatoms. The lowest BCUT2D eigenvalue weighted by molar-refractivity contribution is -0.112. The third-order valence-corrected chi connectivity index (χ3v) is 4.58. The van der Waals surface area contributed by atoms with Crippen molar-refractivity contribution in [2.45, 2.75) is 33.8 Å². The van der Waals surface area contributed by atoms with Gasteiger partial charge in [0, 0.05) is 11.3 Å². The summed E-state index contributed by atoms with van der Waals surface area (Å²) in [7, 11) is 0. The Morgan fingerprint density at radius 1 is 1.10 bits per heavy atom. The third kappa shape index (κ3) is 4.64. The van der Waals surface area contributed by atoms with Crippen LogP contribution in [0.5, 0.6) is 5.75 Å². The van der Waals surface area contributed by atoms with Crippen LogP contribution in [0, 0.1) is 25.2 Å². The van der Waals surface area contributed by atoms with Crippen LogP contribution < -0.4 is 10.1 Å². The van der Waals surface area contributed by atoms with Crippen molar-refractivity contribution in [2.24, 2.45) is 0 Å². The Labute approximate surface area is 171 Å². The maximum absolute atomic E-state index is 12.8. The van der Waals surface area contributed by atoms with Crippen LogP contribution >= 0.6 is 0 Å². The number of hydrogen-bond acceptors (Lipinski definition) is 3. The average molecular weight is 384 g/mol. The first kappa shape index (κ1) is 20.2. The Morgan fingerprint density at radius 3 is 2.55 bits per heavy atom. The Morgan fingerprint density at radius 2 is 1.86 bits per heavy atom. The predicted octanol–water partition coefficient (Wildman–Crippen LogP) is 5.79. The molecule has 4 nitrogen and oxygen atoms in total. The second-order valence-electron chi connectivity index (χ2n) is 7.31. The summed E-state index contributed by atoms with van der Waals surface area (Å²) in [6.45, 7) is 7.81. The van der Waals surface area contributed by atoms with E-state index in [1.807, 2.05) is 88.4 Å². The number of hydrogen-bond donors (Lipinski definition) is 1. The SMILES string of the molecule is Cc1ccc(NC(=O)/C(C#N)=C/c2c(OC(C)C)ccc3ccccc23)c(C)c1. The zero-order chi connectivity index (χ0) is 21.0. The monoisotopic (exact) mass is 384 g/mol. The van der Waals surface area contributed by atoms with E-state index in [2.05, 4.69) is 5.32 Å². The first-order valence-electron chi connectivity index (χ1n) is 9.58. The van der Waals surface area contributed by atoms with Gasteiger partial charge in [-0.1, -0.05) is 48.0 Å². The summed E-state index contributed by atoms with van der Waals surface area (Å²) in [6.07, 6.45) is 1.58. The number of benzene rings is 3. The summed E-state index contributed by atoms with van der Waals surface area (Å²) in [6, 6.07) is 19.5. The van der Waals surface area contributed by atoms with E-state index in [1.54, 1.807) is 6.08 Å². The molecule has 3 rings (SSSR count). The maximum atomic E-state index is 12.8. The molecule has 0 radical (unpaired) electrons. The van der Waals surface area contributed by atoms with Crippen LogP contribution in [0.15, 0.2) is 60.2 Å². The van der Waals surface area contributed by atoms with E-state index in [1.165, 1.54) is 0 Å². The molecule has 3 aromatic carbocycles. The van der Waals surface area contributed by atoms with Gasteiger partial charge in [0.05, 0.1) is 6.10 Å². The molecule has 0 aliphatic heterocycles. The number of amides is 1. The number of carbonyl (C=O) groups is 1. The summed E-state index contributed by atoms with van der Waals surface area (Å²) in [4.78, 5) is 12.8. The van der Waals surface area contributed by atoms with Crippen molar-refractivity contribution in [2.75, 3.05) is 5.32 Å². The summed E-state index contributed by atoms with van der Waals surface area (Å²) in [5.41, 5.74) is 3.50. The average Bonchev–Trinajstić information content (AvgIpc) is 2.68. The van der Waals surface area contributed by atoms with Gasteiger partial charge in [-0.05, 0) is 62.2 Å². The molecule has 146 valence electrons. The van der Waals surface area contributed by atoms with Crippen LogP contribution in [0.3, 0.4) is 0 Å². The molecule has 3 aromatic rings. The number of anilines is 1. The van der Waals surface area contributed by atoms with E-state index in [0.29, 0.717) is 11.4 Å². The van der Waals surface area contributed by atoms with Gasteiger partial charge in [0.2, 0.25) is 0 Å². The molecule has 0 spiro atoms. The van der Waals surface area contributed by atoms with Crippen molar-refractivity contribution in [1.82, 2.24) is 0 Å². The molecule has 0 atom stereocenters. The van der Waals surface area contributed by atoms with Gasteiger partial charge in [-0.15, -0.1) is 0 Å². The Balaban J connectivity index is 2.05. The summed E-state index contributed by atoms with van der Waals surface area (Å²) >= 11 is 0. The lowest BCUT2D eigenvalue weighted by Gasteiger charge is -2.15. The highest BCUT2D eigenvalue weighted by molar-refractivity contribution is 6.11. The molecule has 0 aliphatic carbocycles. The van der Waals surface area contributed by atoms with Gasteiger partial charge in [0.1, 0.15) is 17.4 Å². The van der Waals surface area contributed by atoms with E-state index in [9.17, 15) is 10.1 Å². The van der Waals surface area contributed by atoms with Crippen LogP contribution in [0.25, 0.3) is 16.8 Å². The third-order valence-electron chi connectivity index (χ3n) is 4.58. The van der Waals surface area contributed by atoms with Crippen molar-refractivity contribution in [3.63, 3.8) is 0 Å². The molecule has 0 aliphatic rings. The van der Waals surface area contributed by atoms with E-state index in [0.717, 1.165) is 27.5 Å². The van der Waals surface area contributed by atoms with Crippen LogP contribution in [-0.2, 0) is 4.79 Å². The summed E-state index contributed by atoms with van der Waals surface area (Å²) < 4.78 is 5.94. The van der Waals surface area contributed by atoms with Crippen LogP contribution in [0.1, 0.15) is 30.5 Å². The molecule has 0 fully saturated rings. The van der Waals surface area contributed by atoms with Crippen molar-refractivity contribution in [3.8, 4) is 11.8 Å². The van der Waals surface area contributed by atoms with E-state index in [-0.39, 0.29) is 11.7 Å². The molecule has 0 bridgehead atoms. The first-order valence-corrected chi connectivity index (χ1v) is 9.58.